The molecule has 1 aliphatic rings. The van der Waals surface area contributed by atoms with Gasteiger partial charge in [0.05, 0.1) is 0 Å². The molecule has 0 radical (unpaired) electrons. The molecule has 0 fully saturated rings. The van der Waals surface area contributed by atoms with E-state index in [0.717, 1.165) is 32.7 Å². The van der Waals surface area contributed by atoms with Crippen LogP contribution in [0.15, 0.2) is 60.7 Å². The summed E-state index contributed by atoms with van der Waals surface area (Å²) < 4.78 is 0. The molecule has 1 aliphatic carbocycles. The van der Waals surface area contributed by atoms with Crippen LogP contribution in [0.3, 0.4) is 0 Å². The lowest BCUT2D eigenvalue weighted by molar-refractivity contribution is 0.477. The Kier molecular flexibility index (Phi) is 2.61. The first-order valence-electron chi connectivity index (χ1n) is 8.51. The molecule has 2 nitrogen and oxygen atoms in total. The zero-order valence-corrected chi connectivity index (χ0v) is 14.2. The van der Waals surface area contributed by atoms with E-state index in [1.54, 1.807) is 0 Å². The summed E-state index contributed by atoms with van der Waals surface area (Å²) in [6.07, 6.45) is 0. The van der Waals surface area contributed by atoms with Crippen LogP contribution >= 0.6 is 0 Å². The summed E-state index contributed by atoms with van der Waals surface area (Å²) in [4.78, 5) is 0. The van der Waals surface area contributed by atoms with E-state index >= 15 is 0 Å². The standard InChI is InChI=1S/C23H18O2/c1-23(2)17-11-19(24)13-7-3-5-9-15(13)21(17)22-16-10-6-4-8-14(16)20(25)12-18(22)23/h3-12,24-25H,1-2H3. The fourth-order valence-corrected chi connectivity index (χ4v) is 4.38. The van der Waals surface area contributed by atoms with Gasteiger partial charge in [0.2, 0.25) is 0 Å². The van der Waals surface area contributed by atoms with Crippen LogP contribution in [0.2, 0.25) is 0 Å². The van der Waals surface area contributed by atoms with E-state index in [2.05, 4.69) is 26.0 Å². The summed E-state index contributed by atoms with van der Waals surface area (Å²) in [5.74, 6) is 0.618. The van der Waals surface area contributed by atoms with E-state index in [9.17, 15) is 10.2 Å². The molecule has 2 heteroatoms. The topological polar surface area (TPSA) is 40.5 Å². The molecule has 122 valence electrons. The van der Waals surface area contributed by atoms with Crippen molar-refractivity contribution in [1.82, 2.24) is 0 Å². The first kappa shape index (κ1) is 14.4. The van der Waals surface area contributed by atoms with Crippen LogP contribution < -0.4 is 0 Å². The lowest BCUT2D eigenvalue weighted by Crippen LogP contribution is -2.14. The van der Waals surface area contributed by atoms with E-state index in [1.165, 1.54) is 11.1 Å². The second kappa shape index (κ2) is 4.54. The molecule has 0 bridgehead atoms. The van der Waals surface area contributed by atoms with Crippen molar-refractivity contribution in [3.63, 3.8) is 0 Å². The van der Waals surface area contributed by atoms with Crippen molar-refractivity contribution in [2.24, 2.45) is 0 Å². The minimum atomic E-state index is -0.284. The molecule has 0 amide bonds. The maximum Gasteiger partial charge on any atom is 0.123 e. The molecule has 0 aliphatic heterocycles. The van der Waals surface area contributed by atoms with Gasteiger partial charge in [-0.3, -0.25) is 0 Å². The molecule has 0 atom stereocenters. The van der Waals surface area contributed by atoms with Crippen molar-refractivity contribution < 1.29 is 10.2 Å². The molecule has 0 spiro atoms. The third-order valence-electron chi connectivity index (χ3n) is 5.64. The zero-order chi connectivity index (χ0) is 17.3. The number of rotatable bonds is 0. The van der Waals surface area contributed by atoms with E-state index < -0.39 is 0 Å². The predicted octanol–water partition coefficient (Wildman–Crippen LogP) is 5.71. The maximum absolute atomic E-state index is 10.6. The number of phenolic OH excluding ortho intramolecular Hbond substituents is 2. The molecule has 2 N–H and O–H groups in total. The largest absolute Gasteiger partial charge is 0.507 e. The van der Waals surface area contributed by atoms with Gasteiger partial charge in [-0.05, 0) is 45.2 Å². The van der Waals surface area contributed by atoms with Gasteiger partial charge >= 0.3 is 0 Å². The van der Waals surface area contributed by atoms with E-state index in [-0.39, 0.29) is 5.41 Å². The molecule has 0 heterocycles. The average Bonchev–Trinajstić information content (AvgIpc) is 2.84. The van der Waals surface area contributed by atoms with Crippen LogP contribution in [0.1, 0.15) is 25.0 Å². The highest BCUT2D eigenvalue weighted by Gasteiger charge is 2.38. The Morgan fingerprint density at radius 1 is 0.600 bits per heavy atom. The monoisotopic (exact) mass is 326 g/mol. The van der Waals surface area contributed by atoms with Crippen molar-refractivity contribution in [2.45, 2.75) is 19.3 Å². The van der Waals surface area contributed by atoms with Crippen LogP contribution in [0.25, 0.3) is 32.7 Å². The smallest absolute Gasteiger partial charge is 0.123 e. The van der Waals surface area contributed by atoms with Crippen LogP contribution in [-0.2, 0) is 5.41 Å². The van der Waals surface area contributed by atoms with Gasteiger partial charge < -0.3 is 10.2 Å². The zero-order valence-electron chi connectivity index (χ0n) is 14.2. The second-order valence-electron chi connectivity index (χ2n) is 7.35. The molecular weight excluding hydrogens is 308 g/mol. The van der Waals surface area contributed by atoms with Crippen LogP contribution in [-0.4, -0.2) is 10.2 Å². The van der Waals surface area contributed by atoms with E-state index in [0.29, 0.717) is 11.5 Å². The Labute approximate surface area is 146 Å². The molecule has 4 aromatic rings. The highest BCUT2D eigenvalue weighted by molar-refractivity contribution is 6.13. The molecule has 5 rings (SSSR count). The van der Waals surface area contributed by atoms with E-state index in [4.69, 9.17) is 0 Å². The molecule has 0 saturated heterocycles. The third kappa shape index (κ3) is 1.69. The lowest BCUT2D eigenvalue weighted by Gasteiger charge is -2.22. The average molecular weight is 326 g/mol. The Morgan fingerprint density at radius 2 is 0.960 bits per heavy atom. The first-order valence-corrected chi connectivity index (χ1v) is 8.51. The van der Waals surface area contributed by atoms with Crippen molar-refractivity contribution in [3.05, 3.63) is 71.8 Å². The van der Waals surface area contributed by atoms with Crippen LogP contribution in [0.5, 0.6) is 11.5 Å². The summed E-state index contributed by atoms with van der Waals surface area (Å²) in [5.41, 5.74) is 4.27. The molecular formula is C23H18O2. The fourth-order valence-electron chi connectivity index (χ4n) is 4.38. The summed E-state index contributed by atoms with van der Waals surface area (Å²) >= 11 is 0. The van der Waals surface area contributed by atoms with Crippen LogP contribution in [0, 0.1) is 0 Å². The van der Waals surface area contributed by atoms with Crippen molar-refractivity contribution >= 4 is 21.5 Å². The molecule has 0 unspecified atom stereocenters. The maximum atomic E-state index is 10.6. The molecule has 0 aromatic heterocycles. The van der Waals surface area contributed by atoms with Crippen molar-refractivity contribution in [3.8, 4) is 22.6 Å². The van der Waals surface area contributed by atoms with Crippen molar-refractivity contribution in [1.29, 1.82) is 0 Å². The Balaban J connectivity index is 2.08. The van der Waals surface area contributed by atoms with Gasteiger partial charge in [-0.1, -0.05) is 62.4 Å². The summed E-state index contributed by atoms with van der Waals surface area (Å²) in [6.45, 7) is 4.31. The van der Waals surface area contributed by atoms with Gasteiger partial charge in [0.1, 0.15) is 11.5 Å². The van der Waals surface area contributed by atoms with Crippen LogP contribution in [0.4, 0.5) is 0 Å². The Morgan fingerprint density at radius 3 is 1.36 bits per heavy atom. The first-order chi connectivity index (χ1) is 12.0. The van der Waals surface area contributed by atoms with Gasteiger partial charge in [0.25, 0.3) is 0 Å². The quantitative estimate of drug-likeness (QED) is 0.434. The van der Waals surface area contributed by atoms with E-state index in [1.807, 2.05) is 48.5 Å². The van der Waals surface area contributed by atoms with Gasteiger partial charge in [-0.2, -0.15) is 0 Å². The number of fused-ring (bicyclic) bond motifs is 7. The normalized spacial score (nSPS) is 14.6. The number of phenols is 2. The highest BCUT2D eigenvalue weighted by Crippen LogP contribution is 2.56. The molecule has 25 heavy (non-hydrogen) atoms. The van der Waals surface area contributed by atoms with Gasteiger partial charge in [0.15, 0.2) is 0 Å². The second-order valence-corrected chi connectivity index (χ2v) is 7.35. The summed E-state index contributed by atoms with van der Waals surface area (Å²) in [6, 6.07) is 19.8. The Bertz CT molecular complexity index is 1090. The SMILES string of the molecule is CC1(C)c2cc(O)c3ccccc3c2-c2c1cc(O)c1ccccc21. The fraction of sp³-hybridized carbons (Fsp3) is 0.130. The lowest BCUT2D eigenvalue weighted by atomic mass is 9.81. The van der Waals surface area contributed by atoms with Gasteiger partial charge in [-0.25, -0.2) is 0 Å². The minimum Gasteiger partial charge on any atom is -0.507 e. The number of benzene rings is 4. The number of hydrogen-bond acceptors (Lipinski definition) is 2. The summed E-state index contributed by atoms with van der Waals surface area (Å²) in [5, 5.41) is 25.0. The van der Waals surface area contributed by atoms with Gasteiger partial charge in [0, 0.05) is 16.2 Å². The number of hydrogen-bond donors (Lipinski definition) is 2. The molecule has 0 saturated carbocycles. The van der Waals surface area contributed by atoms with Crippen molar-refractivity contribution in [2.75, 3.05) is 0 Å². The predicted molar refractivity (Wildman–Crippen MR) is 102 cm³/mol. The summed E-state index contributed by atoms with van der Waals surface area (Å²) in [7, 11) is 0. The minimum absolute atomic E-state index is 0.284. The molecule has 4 aromatic carbocycles. The third-order valence-corrected chi connectivity index (χ3v) is 5.64. The highest BCUT2D eigenvalue weighted by atomic mass is 16.3. The Hall–Kier alpha value is -3.00. The van der Waals surface area contributed by atoms with Gasteiger partial charge in [-0.15, -0.1) is 0 Å². The number of aromatic hydroxyl groups is 2.